The molecule has 1 aromatic carbocycles. The summed E-state index contributed by atoms with van der Waals surface area (Å²) in [6, 6.07) is 7.94. The number of carbonyl (C=O) groups excluding carboxylic acids is 2. The number of nitrogens with one attached hydrogen (secondary N) is 1. The molecule has 0 aromatic heterocycles. The van der Waals surface area contributed by atoms with E-state index < -0.39 is 11.8 Å². The van der Waals surface area contributed by atoms with Gasteiger partial charge in [-0.25, -0.2) is 0 Å². The van der Waals surface area contributed by atoms with Gasteiger partial charge in [-0.2, -0.15) is 0 Å². The fourth-order valence-electron chi connectivity index (χ4n) is 3.11. The second-order valence-corrected chi connectivity index (χ2v) is 6.20. The number of imide groups is 1. The van der Waals surface area contributed by atoms with Crippen LogP contribution in [-0.2, 0) is 16.0 Å². The van der Waals surface area contributed by atoms with Crippen LogP contribution in [0.1, 0.15) is 18.4 Å². The van der Waals surface area contributed by atoms with E-state index in [1.165, 1.54) is 37.6 Å². The number of β-amino-alcohol motifs (C(OH)–C–C–N with tert-alkyl or cyclic N) is 1. The number of nitrogens with zero attached hydrogens (tertiary/aromatic N) is 2. The third-order valence-electron chi connectivity index (χ3n) is 4.48. The zero-order valence-electron chi connectivity index (χ0n) is 13.7. The molecule has 24 heavy (non-hydrogen) atoms. The number of anilines is 1. The summed E-state index contributed by atoms with van der Waals surface area (Å²) in [7, 11) is 0. The Hall–Kier alpha value is -2.18. The SMILES string of the molecule is O=C1C=C(Nc2ccc(CCN3CCCC3)cc2)C(=O)N1CCO. The molecule has 6 heteroatoms. The standard InChI is InChI=1S/C18H23N3O3/c22-12-11-21-17(23)13-16(18(21)24)19-15-5-3-14(4-6-15)7-10-20-8-1-2-9-20/h3-6,13,19,22H,1-2,7-12H2. The monoisotopic (exact) mass is 329 g/mol. The van der Waals surface area contributed by atoms with E-state index in [0.29, 0.717) is 0 Å². The highest BCUT2D eigenvalue weighted by atomic mass is 16.3. The highest BCUT2D eigenvalue weighted by Crippen LogP contribution is 2.18. The normalized spacial score (nSPS) is 18.4. The topological polar surface area (TPSA) is 72.9 Å². The highest BCUT2D eigenvalue weighted by Gasteiger charge is 2.30. The summed E-state index contributed by atoms with van der Waals surface area (Å²) in [5.74, 6) is -0.786. The van der Waals surface area contributed by atoms with Crippen molar-refractivity contribution in [3.63, 3.8) is 0 Å². The van der Waals surface area contributed by atoms with Gasteiger partial charge in [0.1, 0.15) is 5.70 Å². The van der Waals surface area contributed by atoms with Gasteiger partial charge in [0.25, 0.3) is 11.8 Å². The summed E-state index contributed by atoms with van der Waals surface area (Å²) in [5, 5.41) is 11.9. The Kier molecular flexibility index (Phi) is 5.27. The largest absolute Gasteiger partial charge is 0.395 e. The molecule has 2 N–H and O–H groups in total. The Labute approximate surface area is 141 Å². The fraction of sp³-hybridized carbons (Fsp3) is 0.444. The number of hydrogen-bond donors (Lipinski definition) is 2. The van der Waals surface area contributed by atoms with E-state index in [9.17, 15) is 9.59 Å². The molecule has 0 radical (unpaired) electrons. The van der Waals surface area contributed by atoms with Crippen molar-refractivity contribution < 1.29 is 14.7 Å². The first-order chi connectivity index (χ1) is 11.7. The van der Waals surface area contributed by atoms with Gasteiger partial charge < -0.3 is 15.3 Å². The van der Waals surface area contributed by atoms with Crippen LogP contribution in [0.5, 0.6) is 0 Å². The number of rotatable bonds is 7. The minimum atomic E-state index is -0.396. The summed E-state index contributed by atoms with van der Waals surface area (Å²) in [4.78, 5) is 27.3. The van der Waals surface area contributed by atoms with E-state index in [0.717, 1.165) is 23.6 Å². The van der Waals surface area contributed by atoms with Crippen LogP contribution in [0, 0.1) is 0 Å². The Morgan fingerprint density at radius 3 is 2.42 bits per heavy atom. The van der Waals surface area contributed by atoms with E-state index in [-0.39, 0.29) is 18.8 Å². The molecule has 1 fully saturated rings. The van der Waals surface area contributed by atoms with E-state index in [1.807, 2.05) is 24.3 Å². The van der Waals surface area contributed by atoms with Gasteiger partial charge in [0.2, 0.25) is 0 Å². The molecule has 0 saturated carbocycles. The molecule has 0 aliphatic carbocycles. The Bertz CT molecular complexity index is 633. The lowest BCUT2D eigenvalue weighted by atomic mass is 10.1. The van der Waals surface area contributed by atoms with Crippen LogP contribution in [-0.4, -0.2) is 59.5 Å². The number of likely N-dealkylation sites (tertiary alicyclic amines) is 1. The molecule has 0 spiro atoms. The van der Waals surface area contributed by atoms with Crippen molar-refractivity contribution in [3.8, 4) is 0 Å². The smallest absolute Gasteiger partial charge is 0.277 e. The van der Waals surface area contributed by atoms with Crippen LogP contribution in [0.2, 0.25) is 0 Å². The summed E-state index contributed by atoms with van der Waals surface area (Å²) >= 11 is 0. The second kappa shape index (κ2) is 7.59. The fourth-order valence-corrected chi connectivity index (χ4v) is 3.11. The van der Waals surface area contributed by atoms with Gasteiger partial charge in [-0.15, -0.1) is 0 Å². The van der Waals surface area contributed by atoms with Crippen molar-refractivity contribution in [2.24, 2.45) is 0 Å². The maximum atomic E-state index is 12.1. The van der Waals surface area contributed by atoms with Gasteiger partial charge in [-0.1, -0.05) is 12.1 Å². The van der Waals surface area contributed by atoms with Crippen LogP contribution < -0.4 is 5.32 Å². The summed E-state index contributed by atoms with van der Waals surface area (Å²) in [5.41, 5.74) is 2.29. The molecule has 0 atom stereocenters. The molecule has 3 rings (SSSR count). The van der Waals surface area contributed by atoms with Gasteiger partial charge in [-0.3, -0.25) is 14.5 Å². The molecule has 2 aliphatic heterocycles. The summed E-state index contributed by atoms with van der Waals surface area (Å²) in [6.07, 6.45) is 4.90. The number of hydrogen-bond acceptors (Lipinski definition) is 5. The van der Waals surface area contributed by atoms with Crippen molar-refractivity contribution in [3.05, 3.63) is 41.6 Å². The second-order valence-electron chi connectivity index (χ2n) is 6.20. The van der Waals surface area contributed by atoms with Crippen LogP contribution in [0.3, 0.4) is 0 Å². The molecule has 1 aromatic rings. The van der Waals surface area contributed by atoms with Gasteiger partial charge in [0.05, 0.1) is 13.2 Å². The van der Waals surface area contributed by atoms with Crippen molar-refractivity contribution in [2.75, 3.05) is 38.1 Å². The van der Waals surface area contributed by atoms with Gasteiger partial charge in [0, 0.05) is 18.3 Å². The maximum Gasteiger partial charge on any atom is 0.277 e. The zero-order valence-corrected chi connectivity index (χ0v) is 13.7. The molecule has 0 bridgehead atoms. The molecule has 128 valence electrons. The molecule has 2 heterocycles. The third kappa shape index (κ3) is 3.83. The minimum Gasteiger partial charge on any atom is -0.395 e. The third-order valence-corrected chi connectivity index (χ3v) is 4.48. The van der Waals surface area contributed by atoms with Crippen molar-refractivity contribution in [2.45, 2.75) is 19.3 Å². The van der Waals surface area contributed by atoms with Crippen LogP contribution in [0.15, 0.2) is 36.0 Å². The van der Waals surface area contributed by atoms with Gasteiger partial charge in [0.15, 0.2) is 0 Å². The zero-order chi connectivity index (χ0) is 16.9. The minimum absolute atomic E-state index is 0.0226. The van der Waals surface area contributed by atoms with Crippen LogP contribution in [0.25, 0.3) is 0 Å². The van der Waals surface area contributed by atoms with Gasteiger partial charge in [-0.05, 0) is 50.0 Å². The van der Waals surface area contributed by atoms with Crippen LogP contribution in [0.4, 0.5) is 5.69 Å². The first-order valence-electron chi connectivity index (χ1n) is 8.44. The van der Waals surface area contributed by atoms with Crippen molar-refractivity contribution in [1.82, 2.24) is 9.80 Å². The molecule has 1 saturated heterocycles. The van der Waals surface area contributed by atoms with E-state index >= 15 is 0 Å². The number of amides is 2. The average molecular weight is 329 g/mol. The molecule has 2 amide bonds. The lowest BCUT2D eigenvalue weighted by molar-refractivity contribution is -0.137. The quantitative estimate of drug-likeness (QED) is 0.730. The van der Waals surface area contributed by atoms with Crippen molar-refractivity contribution in [1.29, 1.82) is 0 Å². The molecular weight excluding hydrogens is 306 g/mol. The maximum absolute atomic E-state index is 12.1. The average Bonchev–Trinajstić information content (AvgIpc) is 3.19. The molecule has 0 unspecified atom stereocenters. The van der Waals surface area contributed by atoms with E-state index in [1.54, 1.807) is 0 Å². The lowest BCUT2D eigenvalue weighted by Crippen LogP contribution is -2.34. The Balaban J connectivity index is 1.55. The Morgan fingerprint density at radius 2 is 1.75 bits per heavy atom. The summed E-state index contributed by atoms with van der Waals surface area (Å²) < 4.78 is 0. The van der Waals surface area contributed by atoms with Gasteiger partial charge >= 0.3 is 0 Å². The van der Waals surface area contributed by atoms with E-state index in [2.05, 4.69) is 10.2 Å². The van der Waals surface area contributed by atoms with Crippen molar-refractivity contribution >= 4 is 17.5 Å². The number of carbonyl (C=O) groups is 2. The highest BCUT2D eigenvalue weighted by molar-refractivity contribution is 6.17. The Morgan fingerprint density at radius 1 is 1.04 bits per heavy atom. The number of benzene rings is 1. The first-order valence-corrected chi connectivity index (χ1v) is 8.44. The number of aliphatic hydroxyl groups excluding tert-OH is 1. The molecule has 6 nitrogen and oxygen atoms in total. The molecular formula is C18H23N3O3. The van der Waals surface area contributed by atoms with Crippen LogP contribution >= 0.6 is 0 Å². The first kappa shape index (κ1) is 16.7. The predicted molar refractivity (Wildman–Crippen MR) is 91.3 cm³/mol. The molecule has 2 aliphatic rings. The summed E-state index contributed by atoms with van der Waals surface area (Å²) in [6.45, 7) is 3.28. The lowest BCUT2D eigenvalue weighted by Gasteiger charge is -2.15. The number of aliphatic hydroxyl groups is 1. The predicted octanol–water partition coefficient (Wildman–Crippen LogP) is 0.982. The van der Waals surface area contributed by atoms with E-state index in [4.69, 9.17) is 5.11 Å².